The van der Waals surface area contributed by atoms with E-state index in [1.54, 1.807) is 13.8 Å². The highest BCUT2D eigenvalue weighted by molar-refractivity contribution is 8.00. The monoisotopic (exact) mass is 350 g/mol. The molecular weight excluding hydrogens is 320 g/mol. The van der Waals surface area contributed by atoms with Gasteiger partial charge >= 0.3 is 11.9 Å². The molecule has 0 aliphatic heterocycles. The summed E-state index contributed by atoms with van der Waals surface area (Å²) in [4.78, 5) is 21.3. The summed E-state index contributed by atoms with van der Waals surface area (Å²) in [6, 6.07) is 0. The van der Waals surface area contributed by atoms with Gasteiger partial charge in [-0.2, -0.15) is 0 Å². The van der Waals surface area contributed by atoms with E-state index in [-0.39, 0.29) is 10.5 Å². The molecule has 0 spiro atoms. The number of rotatable bonds is 15. The Kier molecular flexibility index (Phi) is 14.0. The Morgan fingerprint density at radius 2 is 0.955 bits per heavy atom. The van der Waals surface area contributed by atoms with E-state index in [4.69, 9.17) is 10.2 Å². The van der Waals surface area contributed by atoms with Crippen molar-refractivity contribution in [2.75, 3.05) is 11.5 Å². The van der Waals surface area contributed by atoms with Crippen molar-refractivity contribution in [2.45, 2.75) is 75.7 Å². The van der Waals surface area contributed by atoms with Gasteiger partial charge in [0, 0.05) is 0 Å². The summed E-state index contributed by atoms with van der Waals surface area (Å²) < 4.78 is 0. The molecule has 0 unspecified atom stereocenters. The third kappa shape index (κ3) is 13.3. The molecule has 2 N–H and O–H groups in total. The molecule has 0 aliphatic carbocycles. The summed E-state index contributed by atoms with van der Waals surface area (Å²) >= 11 is 3.04. The van der Waals surface area contributed by atoms with Crippen molar-refractivity contribution in [3.8, 4) is 0 Å². The summed E-state index contributed by atoms with van der Waals surface area (Å²) in [6.45, 7) is 3.48. The molecule has 0 amide bonds. The number of hydrogen-bond acceptors (Lipinski definition) is 4. The SMILES string of the molecule is C[C@@H](SCCCCCCCCCCS[C@H](C)C(=O)O)C(=O)O. The normalized spacial score (nSPS) is 13.7. The lowest BCUT2D eigenvalue weighted by Crippen LogP contribution is -2.11. The fourth-order valence-electron chi connectivity index (χ4n) is 1.93. The van der Waals surface area contributed by atoms with Crippen LogP contribution in [0.2, 0.25) is 0 Å². The van der Waals surface area contributed by atoms with Crippen LogP contribution in [0.5, 0.6) is 0 Å². The van der Waals surface area contributed by atoms with Crippen molar-refractivity contribution in [2.24, 2.45) is 0 Å². The van der Waals surface area contributed by atoms with Gasteiger partial charge in [0.2, 0.25) is 0 Å². The van der Waals surface area contributed by atoms with Crippen molar-refractivity contribution in [3.63, 3.8) is 0 Å². The molecule has 4 nitrogen and oxygen atoms in total. The minimum atomic E-state index is -0.721. The van der Waals surface area contributed by atoms with Crippen LogP contribution in [0.25, 0.3) is 0 Å². The highest BCUT2D eigenvalue weighted by atomic mass is 32.2. The zero-order chi connectivity index (χ0) is 16.8. The summed E-state index contributed by atoms with van der Waals surface area (Å²) in [6.07, 6.45) is 9.53. The molecule has 0 saturated carbocycles. The second-order valence-corrected chi connectivity index (χ2v) is 8.43. The molecule has 0 saturated heterocycles. The number of hydrogen-bond donors (Lipinski definition) is 2. The molecule has 0 aliphatic rings. The number of thioether (sulfide) groups is 2. The third-order valence-electron chi connectivity index (χ3n) is 3.47. The topological polar surface area (TPSA) is 74.6 Å². The Balaban J connectivity index is 3.18. The van der Waals surface area contributed by atoms with Crippen LogP contribution in [0.3, 0.4) is 0 Å². The number of carbonyl (C=O) groups is 2. The maximum atomic E-state index is 10.6. The molecule has 22 heavy (non-hydrogen) atoms. The molecule has 130 valence electrons. The predicted octanol–water partition coefficient (Wildman–Crippen LogP) is 4.52. The fraction of sp³-hybridized carbons (Fsp3) is 0.875. The minimum Gasteiger partial charge on any atom is -0.480 e. The molecule has 6 heteroatoms. The van der Waals surface area contributed by atoms with Crippen LogP contribution in [0, 0.1) is 0 Å². The minimum absolute atomic E-state index is 0.290. The first-order valence-corrected chi connectivity index (χ1v) is 10.2. The maximum absolute atomic E-state index is 10.6. The molecule has 0 aromatic carbocycles. The van der Waals surface area contributed by atoms with Crippen LogP contribution in [-0.4, -0.2) is 44.2 Å². The summed E-state index contributed by atoms with van der Waals surface area (Å²) in [5, 5.41) is 16.9. The van der Waals surface area contributed by atoms with Gasteiger partial charge in [-0.3, -0.25) is 9.59 Å². The van der Waals surface area contributed by atoms with Gasteiger partial charge in [0.1, 0.15) is 0 Å². The van der Waals surface area contributed by atoms with Crippen LogP contribution < -0.4 is 0 Å². The van der Waals surface area contributed by atoms with Crippen molar-refractivity contribution < 1.29 is 19.8 Å². The highest BCUT2D eigenvalue weighted by Gasteiger charge is 2.10. The van der Waals surface area contributed by atoms with E-state index in [1.807, 2.05) is 0 Å². The molecule has 2 atom stereocenters. The molecule has 0 fully saturated rings. The first kappa shape index (κ1) is 21.6. The molecule has 0 aromatic rings. The molecule has 0 rings (SSSR count). The van der Waals surface area contributed by atoms with Gasteiger partial charge in [-0.25, -0.2) is 0 Å². The third-order valence-corrected chi connectivity index (χ3v) is 5.92. The molecular formula is C16H30O4S2. The predicted molar refractivity (Wildman–Crippen MR) is 96.0 cm³/mol. The lowest BCUT2D eigenvalue weighted by molar-refractivity contribution is -0.137. The summed E-state index contributed by atoms with van der Waals surface area (Å²) in [5.74, 6) is 0.431. The second-order valence-electron chi connectivity index (χ2n) is 5.53. The summed E-state index contributed by atoms with van der Waals surface area (Å²) in [7, 11) is 0. The summed E-state index contributed by atoms with van der Waals surface area (Å²) in [5.41, 5.74) is 0. The van der Waals surface area contributed by atoms with E-state index >= 15 is 0 Å². The average Bonchev–Trinajstić information content (AvgIpc) is 2.47. The van der Waals surface area contributed by atoms with Crippen LogP contribution in [-0.2, 0) is 9.59 Å². The Bertz CT molecular complexity index is 281. The highest BCUT2D eigenvalue weighted by Crippen LogP contribution is 2.16. The van der Waals surface area contributed by atoms with Crippen molar-refractivity contribution >= 4 is 35.5 Å². The largest absolute Gasteiger partial charge is 0.480 e. The Hall–Kier alpha value is -0.360. The van der Waals surface area contributed by atoms with Crippen LogP contribution in [0.1, 0.15) is 65.2 Å². The Morgan fingerprint density at radius 3 is 1.23 bits per heavy atom. The maximum Gasteiger partial charge on any atom is 0.316 e. The first-order chi connectivity index (χ1) is 10.4. The second kappa shape index (κ2) is 14.2. The van der Waals surface area contributed by atoms with Crippen LogP contribution in [0.15, 0.2) is 0 Å². The van der Waals surface area contributed by atoms with Crippen LogP contribution in [0.4, 0.5) is 0 Å². The van der Waals surface area contributed by atoms with Gasteiger partial charge in [0.05, 0.1) is 10.5 Å². The van der Waals surface area contributed by atoms with E-state index in [9.17, 15) is 9.59 Å². The van der Waals surface area contributed by atoms with Gasteiger partial charge in [0.15, 0.2) is 0 Å². The van der Waals surface area contributed by atoms with E-state index in [2.05, 4.69) is 0 Å². The zero-order valence-corrected chi connectivity index (χ0v) is 15.4. The van der Waals surface area contributed by atoms with E-state index < -0.39 is 11.9 Å². The molecule has 0 bridgehead atoms. The number of carboxylic acid groups (broad SMARTS) is 2. The van der Waals surface area contributed by atoms with Crippen molar-refractivity contribution in [1.82, 2.24) is 0 Å². The smallest absolute Gasteiger partial charge is 0.316 e. The molecule has 0 radical (unpaired) electrons. The zero-order valence-electron chi connectivity index (χ0n) is 13.8. The lowest BCUT2D eigenvalue weighted by Gasteiger charge is -2.06. The Morgan fingerprint density at radius 1 is 0.682 bits per heavy atom. The Labute approximate surface area is 142 Å². The fourth-order valence-corrected chi connectivity index (χ4v) is 3.66. The van der Waals surface area contributed by atoms with Crippen molar-refractivity contribution in [1.29, 1.82) is 0 Å². The number of aliphatic carboxylic acids is 2. The van der Waals surface area contributed by atoms with E-state index in [1.165, 1.54) is 62.0 Å². The number of unbranched alkanes of at least 4 members (excludes halogenated alkanes) is 7. The van der Waals surface area contributed by atoms with E-state index in [0.29, 0.717) is 0 Å². The first-order valence-electron chi connectivity index (χ1n) is 8.14. The van der Waals surface area contributed by atoms with Gasteiger partial charge in [-0.15, -0.1) is 23.5 Å². The molecule has 0 heterocycles. The van der Waals surface area contributed by atoms with Gasteiger partial charge < -0.3 is 10.2 Å². The van der Waals surface area contributed by atoms with Gasteiger partial charge in [-0.05, 0) is 38.2 Å². The number of carboxylic acids is 2. The average molecular weight is 351 g/mol. The van der Waals surface area contributed by atoms with E-state index in [0.717, 1.165) is 24.3 Å². The standard InChI is InChI=1S/C16H30O4S2/c1-13(15(17)18)21-11-9-7-5-3-4-6-8-10-12-22-14(2)16(19)20/h13-14H,3-12H2,1-2H3,(H,17,18)(H,19,20)/t13-,14-/m1/s1. The van der Waals surface area contributed by atoms with Crippen molar-refractivity contribution in [3.05, 3.63) is 0 Å². The quantitative estimate of drug-likeness (QED) is 0.423. The lowest BCUT2D eigenvalue weighted by atomic mass is 10.1. The molecule has 0 aromatic heterocycles. The van der Waals surface area contributed by atoms with Crippen LogP contribution >= 0.6 is 23.5 Å². The van der Waals surface area contributed by atoms with Gasteiger partial charge in [-0.1, -0.05) is 38.5 Å². The van der Waals surface area contributed by atoms with Gasteiger partial charge in [0.25, 0.3) is 0 Å².